The molecule has 0 amide bonds. The molecule has 0 spiro atoms. The van der Waals surface area contributed by atoms with Crippen molar-refractivity contribution in [2.24, 2.45) is 0 Å². The summed E-state index contributed by atoms with van der Waals surface area (Å²) in [5, 5.41) is 0.956. The average molecular weight is 732 g/mol. The van der Waals surface area contributed by atoms with Crippen LogP contribution in [-0.2, 0) is 22.7 Å². The fraction of sp³-hybridized carbons (Fsp3) is 0.389. The molecule has 8 nitrogen and oxygen atoms in total. The molecule has 2 aromatic heterocycles. The van der Waals surface area contributed by atoms with E-state index in [0.29, 0.717) is 44.3 Å². The molecular weight excluding hydrogens is 687 g/mol. The number of rotatable bonds is 11. The smallest absolute Gasteiger partial charge is 0.218 e. The molecule has 2 N–H and O–H groups in total. The molecule has 0 aliphatic rings. The van der Waals surface area contributed by atoms with Crippen LogP contribution in [0.15, 0.2) is 60.7 Å². The Bertz CT molecular complexity index is 1620. The van der Waals surface area contributed by atoms with Gasteiger partial charge in [-0.15, -0.1) is 9.44 Å². The molecule has 12 heteroatoms. The van der Waals surface area contributed by atoms with Crippen molar-refractivity contribution in [3.8, 4) is 45.4 Å². The Balaban J connectivity index is 1.68. The normalized spacial score (nSPS) is 14.7. The Morgan fingerprint density at radius 2 is 0.938 bits per heavy atom. The molecule has 0 radical (unpaired) electrons. The zero-order valence-corrected chi connectivity index (χ0v) is 32.2. The minimum absolute atomic E-state index is 0.266. The highest BCUT2D eigenvalue weighted by Gasteiger charge is 2.31. The maximum absolute atomic E-state index is 12.7. The first-order valence-corrected chi connectivity index (χ1v) is 18.6. The highest BCUT2D eigenvalue weighted by Crippen LogP contribution is 2.43. The molecule has 48 heavy (non-hydrogen) atoms. The lowest BCUT2D eigenvalue weighted by Crippen LogP contribution is -2.40. The minimum atomic E-state index is -1.27. The summed E-state index contributed by atoms with van der Waals surface area (Å²) in [4.78, 5) is 9.56. The predicted octanol–water partition coefficient (Wildman–Crippen LogP) is 9.03. The lowest BCUT2D eigenvalue weighted by atomic mass is 9.97. The maximum Gasteiger partial charge on any atom is 0.218 e. The van der Waals surface area contributed by atoms with E-state index in [0.717, 1.165) is 22.3 Å². The molecule has 0 aliphatic carbocycles. The lowest BCUT2D eigenvalue weighted by molar-refractivity contribution is 0.388. The SMILES string of the molecule is COc1nc(-c2cccc(-c3cccc(-c4ccc(C(C)N[S+]([O-])C(C)(C)C)c(OC)n4)c3Cl)c2Cl)ccc1C(C)N[S+]([O-])C(C)(C)C. The van der Waals surface area contributed by atoms with Crippen LogP contribution in [0.2, 0.25) is 10.0 Å². The third kappa shape index (κ3) is 8.60. The van der Waals surface area contributed by atoms with Crippen LogP contribution >= 0.6 is 23.2 Å². The maximum atomic E-state index is 12.7. The number of aromatic nitrogens is 2. The Kier molecular flexibility index (Phi) is 12.4. The lowest BCUT2D eigenvalue weighted by Gasteiger charge is -2.27. The summed E-state index contributed by atoms with van der Waals surface area (Å²) in [6.07, 6.45) is 0. The second-order valence-electron chi connectivity index (χ2n) is 13.4. The van der Waals surface area contributed by atoms with E-state index in [4.69, 9.17) is 42.6 Å². The standard InChI is InChI=1S/C36H44Cl2N4O4S2/c1-21(41-47(43)35(3,4)5)23-17-19-29(39-33(23)45-9)27-15-11-13-25(31(27)37)26-14-12-16-28(32(26)38)30-20-18-24(34(40-30)46-10)22(2)42-48(44)36(6,7)8/h11-22,41-42H,1-10H3. The fourth-order valence-electron chi connectivity index (χ4n) is 4.87. The summed E-state index contributed by atoms with van der Waals surface area (Å²) < 4.78 is 42.2. The number of halogens is 2. The quantitative estimate of drug-likeness (QED) is 0.147. The van der Waals surface area contributed by atoms with Crippen LogP contribution in [0.25, 0.3) is 33.6 Å². The Labute approximate surface area is 301 Å². The predicted molar refractivity (Wildman–Crippen MR) is 200 cm³/mol. The summed E-state index contributed by atoms with van der Waals surface area (Å²) in [5.74, 6) is 0.829. The number of hydrogen-bond acceptors (Lipinski definition) is 8. The average Bonchev–Trinajstić information content (AvgIpc) is 3.03. The highest BCUT2D eigenvalue weighted by molar-refractivity contribution is 7.91. The van der Waals surface area contributed by atoms with Gasteiger partial charge < -0.3 is 18.6 Å². The van der Waals surface area contributed by atoms with Crippen LogP contribution in [0, 0.1) is 0 Å². The zero-order chi connectivity index (χ0) is 35.6. The minimum Gasteiger partial charge on any atom is -0.598 e. The van der Waals surface area contributed by atoms with Crippen molar-refractivity contribution in [3.63, 3.8) is 0 Å². The van der Waals surface area contributed by atoms with Gasteiger partial charge in [-0.25, -0.2) is 9.97 Å². The summed E-state index contributed by atoms with van der Waals surface area (Å²) >= 11 is 11.6. The molecule has 0 saturated carbocycles. The molecule has 2 heterocycles. The summed E-state index contributed by atoms with van der Waals surface area (Å²) in [7, 11) is 3.12. The van der Waals surface area contributed by atoms with Crippen LogP contribution in [0.3, 0.4) is 0 Å². The molecule has 0 bridgehead atoms. The van der Waals surface area contributed by atoms with Crippen molar-refractivity contribution in [1.82, 2.24) is 19.4 Å². The second kappa shape index (κ2) is 15.6. The summed E-state index contributed by atoms with van der Waals surface area (Å²) in [6, 6.07) is 18.5. The largest absolute Gasteiger partial charge is 0.598 e. The van der Waals surface area contributed by atoms with Crippen LogP contribution in [-0.4, -0.2) is 42.8 Å². The molecule has 4 unspecified atom stereocenters. The number of methoxy groups -OCH3 is 2. The summed E-state index contributed by atoms with van der Waals surface area (Å²) in [5.41, 5.74) is 5.68. The van der Waals surface area contributed by atoms with Gasteiger partial charge in [0.25, 0.3) is 0 Å². The number of nitrogens with zero attached hydrogens (tertiary/aromatic N) is 2. The van der Waals surface area contributed by atoms with Crippen LogP contribution < -0.4 is 18.9 Å². The van der Waals surface area contributed by atoms with Crippen LogP contribution in [0.1, 0.15) is 78.6 Å². The monoisotopic (exact) mass is 730 g/mol. The number of hydrogen-bond donors (Lipinski definition) is 2. The molecule has 0 aliphatic heterocycles. The highest BCUT2D eigenvalue weighted by atomic mass is 35.5. The van der Waals surface area contributed by atoms with E-state index in [1.165, 1.54) is 0 Å². The number of ether oxygens (including phenoxy) is 2. The number of pyridine rings is 2. The zero-order valence-electron chi connectivity index (χ0n) is 29.0. The van der Waals surface area contributed by atoms with Crippen molar-refractivity contribution in [1.29, 1.82) is 0 Å². The van der Waals surface area contributed by atoms with Gasteiger partial charge in [-0.3, -0.25) is 0 Å². The Morgan fingerprint density at radius 1 is 0.604 bits per heavy atom. The molecular formula is C36H44Cl2N4O4S2. The third-order valence-corrected chi connectivity index (χ3v) is 11.8. The topological polar surface area (TPSA) is 114 Å². The van der Waals surface area contributed by atoms with Crippen molar-refractivity contribution < 1.29 is 18.6 Å². The van der Waals surface area contributed by atoms with E-state index in [9.17, 15) is 9.11 Å². The molecule has 0 fully saturated rings. The second-order valence-corrected chi connectivity index (χ2v) is 18.1. The van der Waals surface area contributed by atoms with E-state index >= 15 is 0 Å². The van der Waals surface area contributed by atoms with E-state index in [2.05, 4.69) is 9.44 Å². The van der Waals surface area contributed by atoms with Gasteiger partial charge in [0.1, 0.15) is 9.49 Å². The van der Waals surface area contributed by atoms with E-state index < -0.39 is 32.2 Å². The van der Waals surface area contributed by atoms with Gasteiger partial charge in [0.05, 0.1) is 47.7 Å². The van der Waals surface area contributed by atoms with Crippen molar-refractivity contribution >= 4 is 45.9 Å². The summed E-state index contributed by atoms with van der Waals surface area (Å²) in [6.45, 7) is 15.4. The molecule has 258 valence electrons. The van der Waals surface area contributed by atoms with E-state index in [1.54, 1.807) is 14.2 Å². The molecule has 4 aromatic rings. The van der Waals surface area contributed by atoms with Crippen molar-refractivity contribution in [2.45, 2.75) is 77.0 Å². The van der Waals surface area contributed by atoms with Gasteiger partial charge in [0.15, 0.2) is 0 Å². The van der Waals surface area contributed by atoms with Crippen LogP contribution in [0.5, 0.6) is 11.8 Å². The van der Waals surface area contributed by atoms with Crippen molar-refractivity contribution in [2.75, 3.05) is 14.2 Å². The number of benzene rings is 2. The molecule has 4 atom stereocenters. The Hall–Kier alpha value is -2.54. The van der Waals surface area contributed by atoms with Gasteiger partial charge in [0, 0.05) is 56.1 Å². The molecule has 2 aromatic carbocycles. The molecule has 0 saturated heterocycles. The first-order chi connectivity index (χ1) is 22.5. The van der Waals surface area contributed by atoms with Gasteiger partial charge >= 0.3 is 0 Å². The van der Waals surface area contributed by atoms with E-state index in [1.807, 2.05) is 116 Å². The Morgan fingerprint density at radius 3 is 1.25 bits per heavy atom. The van der Waals surface area contributed by atoms with Crippen LogP contribution in [0.4, 0.5) is 0 Å². The number of nitrogens with one attached hydrogen (secondary N) is 2. The molecule has 4 rings (SSSR count). The van der Waals surface area contributed by atoms with Gasteiger partial charge in [-0.05, 0) is 79.7 Å². The van der Waals surface area contributed by atoms with Crippen molar-refractivity contribution in [3.05, 3.63) is 81.8 Å². The van der Waals surface area contributed by atoms with Gasteiger partial charge in [-0.1, -0.05) is 59.6 Å². The van der Waals surface area contributed by atoms with E-state index in [-0.39, 0.29) is 12.1 Å². The first kappa shape index (κ1) is 38.3. The first-order valence-electron chi connectivity index (χ1n) is 15.5. The van der Waals surface area contributed by atoms with Gasteiger partial charge in [0.2, 0.25) is 11.8 Å². The third-order valence-electron chi connectivity index (χ3n) is 7.62. The fourth-order valence-corrected chi connectivity index (χ4v) is 7.12. The van der Waals surface area contributed by atoms with Gasteiger partial charge in [-0.2, -0.15) is 0 Å².